The molecule has 7 heteroatoms. The average Bonchev–Trinajstić information content (AvgIpc) is 2.26. The molecule has 100 valence electrons. The first-order chi connectivity index (χ1) is 8.29. The maximum atomic E-state index is 11.8. The van der Waals surface area contributed by atoms with Crippen molar-refractivity contribution in [1.29, 1.82) is 0 Å². The van der Waals surface area contributed by atoms with E-state index in [4.69, 9.17) is 0 Å². The lowest BCUT2D eigenvalue weighted by Crippen LogP contribution is -2.26. The predicted octanol–water partition coefficient (Wildman–Crippen LogP) is 2.68. The number of hydrogen-bond acceptors (Lipinski definition) is 3. The van der Waals surface area contributed by atoms with Gasteiger partial charge in [0.15, 0.2) is 0 Å². The van der Waals surface area contributed by atoms with Crippen molar-refractivity contribution < 1.29 is 23.1 Å². The number of benzene rings is 1. The van der Waals surface area contributed by atoms with Gasteiger partial charge in [-0.25, -0.2) is 0 Å². The van der Waals surface area contributed by atoms with E-state index in [1.165, 1.54) is 12.1 Å². The highest BCUT2D eigenvalue weighted by Gasteiger charge is 2.27. The zero-order valence-corrected chi connectivity index (χ0v) is 10.4. The highest BCUT2D eigenvalue weighted by Crippen LogP contribution is 2.29. The van der Waals surface area contributed by atoms with Gasteiger partial charge in [-0.15, -0.1) is 0 Å². The molecule has 1 aromatic rings. The average molecular weight is 279 g/mol. The van der Waals surface area contributed by atoms with Gasteiger partial charge in [-0.3, -0.25) is 4.79 Å². The number of carbonyl (C=O) groups is 1. The summed E-state index contributed by atoms with van der Waals surface area (Å²) in [5.41, 5.74) is -3.45. The molecular weight excluding hydrogens is 267 g/mol. The Labute approximate surface area is 106 Å². The number of phenols is 1. The van der Waals surface area contributed by atoms with Crippen LogP contribution in [0.4, 0.5) is 13.2 Å². The minimum Gasteiger partial charge on any atom is -0.507 e. The van der Waals surface area contributed by atoms with Crippen molar-refractivity contribution >= 4 is 17.7 Å². The normalized spacial score (nSPS) is 11.3. The Balaban J connectivity index is 2.48. The first-order valence-electron chi connectivity index (χ1n) is 5.08. The molecule has 0 aliphatic heterocycles. The zero-order chi connectivity index (χ0) is 13.8. The van der Waals surface area contributed by atoms with Crippen LogP contribution < -0.4 is 5.32 Å². The van der Waals surface area contributed by atoms with Crippen LogP contribution in [0.1, 0.15) is 15.9 Å². The number of rotatable bonds is 4. The molecule has 0 aromatic heterocycles. The van der Waals surface area contributed by atoms with Gasteiger partial charge in [0.2, 0.25) is 0 Å². The standard InChI is InChI=1S/C11H12F3NO2S/c1-7-2-3-9(16)8(6-7)10(17)15-4-5-18-11(12,13)14/h2-3,6,16H,4-5H2,1H3,(H,15,17). The molecule has 0 aliphatic rings. The van der Waals surface area contributed by atoms with Crippen LogP contribution in [0.5, 0.6) is 5.75 Å². The fourth-order valence-electron chi connectivity index (χ4n) is 1.26. The number of aromatic hydroxyl groups is 1. The highest BCUT2D eigenvalue weighted by atomic mass is 32.2. The summed E-state index contributed by atoms with van der Waals surface area (Å²) in [5, 5.41) is 11.8. The number of thioether (sulfide) groups is 1. The van der Waals surface area contributed by atoms with Crippen molar-refractivity contribution in [1.82, 2.24) is 5.32 Å². The van der Waals surface area contributed by atoms with E-state index in [1.807, 2.05) is 0 Å². The lowest BCUT2D eigenvalue weighted by Gasteiger charge is -2.08. The number of amides is 1. The summed E-state index contributed by atoms with van der Waals surface area (Å²) < 4.78 is 35.5. The van der Waals surface area contributed by atoms with E-state index in [2.05, 4.69) is 5.32 Å². The first kappa shape index (κ1) is 14.7. The minimum atomic E-state index is -4.30. The van der Waals surface area contributed by atoms with E-state index in [1.54, 1.807) is 13.0 Å². The largest absolute Gasteiger partial charge is 0.507 e. The van der Waals surface area contributed by atoms with Crippen molar-refractivity contribution in [3.05, 3.63) is 29.3 Å². The van der Waals surface area contributed by atoms with E-state index in [-0.39, 0.29) is 35.4 Å². The van der Waals surface area contributed by atoms with Crippen molar-refractivity contribution in [2.24, 2.45) is 0 Å². The van der Waals surface area contributed by atoms with Gasteiger partial charge in [0.1, 0.15) is 5.75 Å². The van der Waals surface area contributed by atoms with Gasteiger partial charge in [-0.2, -0.15) is 13.2 Å². The summed E-state index contributed by atoms with van der Waals surface area (Å²) in [7, 11) is 0. The van der Waals surface area contributed by atoms with Gasteiger partial charge in [-0.1, -0.05) is 11.6 Å². The quantitative estimate of drug-likeness (QED) is 0.833. The van der Waals surface area contributed by atoms with Crippen LogP contribution in [0, 0.1) is 6.92 Å². The van der Waals surface area contributed by atoms with Gasteiger partial charge >= 0.3 is 5.51 Å². The Hall–Kier alpha value is -1.37. The van der Waals surface area contributed by atoms with Crippen LogP contribution in [0.3, 0.4) is 0 Å². The lowest BCUT2D eigenvalue weighted by atomic mass is 10.1. The summed E-state index contributed by atoms with van der Waals surface area (Å²) in [6, 6.07) is 4.47. The Morgan fingerprint density at radius 3 is 2.72 bits per heavy atom. The van der Waals surface area contributed by atoms with Crippen molar-refractivity contribution in [3.8, 4) is 5.75 Å². The van der Waals surface area contributed by atoms with Gasteiger partial charge in [0.25, 0.3) is 5.91 Å². The Kier molecular flexibility index (Phi) is 4.89. The number of hydrogen-bond donors (Lipinski definition) is 2. The van der Waals surface area contributed by atoms with Crippen LogP contribution in [0.2, 0.25) is 0 Å². The Morgan fingerprint density at radius 2 is 2.11 bits per heavy atom. The van der Waals surface area contributed by atoms with Crippen molar-refractivity contribution in [3.63, 3.8) is 0 Å². The third kappa shape index (κ3) is 4.87. The number of carbonyl (C=O) groups excluding carboxylic acids is 1. The maximum Gasteiger partial charge on any atom is 0.441 e. The third-order valence-corrected chi connectivity index (χ3v) is 2.79. The molecule has 1 amide bonds. The molecule has 1 aromatic carbocycles. The molecular formula is C11H12F3NO2S. The zero-order valence-electron chi connectivity index (χ0n) is 9.54. The molecule has 0 saturated heterocycles. The number of aryl methyl sites for hydroxylation is 1. The van der Waals surface area contributed by atoms with Gasteiger partial charge in [-0.05, 0) is 30.8 Å². The van der Waals surface area contributed by atoms with Crippen LogP contribution in [0.15, 0.2) is 18.2 Å². The molecule has 0 atom stereocenters. The Bertz CT molecular complexity index is 435. The summed E-state index contributed by atoms with van der Waals surface area (Å²) in [6.45, 7) is 1.63. The summed E-state index contributed by atoms with van der Waals surface area (Å²) in [6.07, 6.45) is 0. The molecule has 0 saturated carbocycles. The van der Waals surface area contributed by atoms with Crippen LogP contribution in [0.25, 0.3) is 0 Å². The number of alkyl halides is 3. The molecule has 1 rings (SSSR count). The number of phenolic OH excluding ortho intramolecular Hbond substituents is 1. The fourth-order valence-corrected chi connectivity index (χ4v) is 1.69. The van der Waals surface area contributed by atoms with Crippen LogP contribution in [-0.4, -0.2) is 28.8 Å². The maximum absolute atomic E-state index is 11.8. The molecule has 3 nitrogen and oxygen atoms in total. The van der Waals surface area contributed by atoms with Crippen molar-refractivity contribution in [2.45, 2.75) is 12.4 Å². The Morgan fingerprint density at radius 1 is 1.44 bits per heavy atom. The van der Waals surface area contributed by atoms with Gasteiger partial charge < -0.3 is 10.4 Å². The molecule has 0 spiro atoms. The third-order valence-electron chi connectivity index (χ3n) is 2.05. The molecule has 0 unspecified atom stereocenters. The van der Waals surface area contributed by atoms with E-state index >= 15 is 0 Å². The van der Waals surface area contributed by atoms with Gasteiger partial charge in [0.05, 0.1) is 5.56 Å². The van der Waals surface area contributed by atoms with Crippen LogP contribution in [-0.2, 0) is 0 Å². The smallest absolute Gasteiger partial charge is 0.441 e. The SMILES string of the molecule is Cc1ccc(O)c(C(=O)NCCSC(F)(F)F)c1. The topological polar surface area (TPSA) is 49.3 Å². The summed E-state index contributed by atoms with van der Waals surface area (Å²) in [4.78, 5) is 11.6. The first-order valence-corrected chi connectivity index (χ1v) is 6.06. The van der Waals surface area contributed by atoms with E-state index in [0.717, 1.165) is 5.56 Å². The second-order valence-corrected chi connectivity index (χ2v) is 4.73. The highest BCUT2D eigenvalue weighted by molar-refractivity contribution is 8.00. The van der Waals surface area contributed by atoms with Crippen LogP contribution >= 0.6 is 11.8 Å². The molecule has 0 fully saturated rings. The van der Waals surface area contributed by atoms with Gasteiger partial charge in [0, 0.05) is 12.3 Å². The van der Waals surface area contributed by atoms with Crippen molar-refractivity contribution in [2.75, 3.05) is 12.3 Å². The second kappa shape index (κ2) is 5.99. The molecule has 0 heterocycles. The number of nitrogens with one attached hydrogen (secondary N) is 1. The molecule has 2 N–H and O–H groups in total. The number of halogens is 3. The fraction of sp³-hybridized carbons (Fsp3) is 0.364. The predicted molar refractivity (Wildman–Crippen MR) is 63.7 cm³/mol. The lowest BCUT2D eigenvalue weighted by molar-refractivity contribution is -0.0327. The molecule has 0 aliphatic carbocycles. The minimum absolute atomic E-state index is 0.0620. The van der Waals surface area contributed by atoms with E-state index in [0.29, 0.717) is 0 Å². The molecule has 0 bridgehead atoms. The molecule has 18 heavy (non-hydrogen) atoms. The van der Waals surface area contributed by atoms with E-state index < -0.39 is 11.4 Å². The van der Waals surface area contributed by atoms with E-state index in [9.17, 15) is 23.1 Å². The second-order valence-electron chi connectivity index (χ2n) is 3.57. The summed E-state index contributed by atoms with van der Waals surface area (Å²) >= 11 is -0.199. The monoisotopic (exact) mass is 279 g/mol. The summed E-state index contributed by atoms with van der Waals surface area (Å²) in [5.74, 6) is -1.04. The molecule has 0 radical (unpaired) electrons.